The predicted octanol–water partition coefficient (Wildman–Crippen LogP) is 3.46. The topological polar surface area (TPSA) is 68.3 Å². The Morgan fingerprint density at radius 2 is 2.05 bits per heavy atom. The Kier molecular flexibility index (Phi) is 4.80. The van der Waals surface area contributed by atoms with Gasteiger partial charge in [-0.1, -0.05) is 6.07 Å². The van der Waals surface area contributed by atoms with Crippen molar-refractivity contribution >= 4 is 21.8 Å². The Morgan fingerprint density at radius 3 is 2.67 bits per heavy atom. The molecule has 0 aromatic heterocycles. The Hall–Kier alpha value is -2.08. The van der Waals surface area contributed by atoms with Crippen molar-refractivity contribution < 1.29 is 13.9 Å². The van der Waals surface area contributed by atoms with Gasteiger partial charge in [-0.05, 0) is 45.8 Å². The van der Waals surface area contributed by atoms with Gasteiger partial charge in [-0.2, -0.15) is 0 Å². The van der Waals surface area contributed by atoms with Crippen LogP contribution in [-0.4, -0.2) is 12.9 Å². The third kappa shape index (κ3) is 3.72. The molecule has 0 aliphatic carbocycles. The summed E-state index contributed by atoms with van der Waals surface area (Å²) in [7, 11) is 1.52. The van der Waals surface area contributed by atoms with Crippen LogP contribution in [0.4, 0.5) is 4.39 Å². The average molecular weight is 353 g/mol. The number of halogens is 2. The molecule has 2 rings (SSSR count). The predicted molar refractivity (Wildman–Crippen MR) is 82.4 cm³/mol. The molecule has 2 aromatic rings. The molecule has 2 aromatic carbocycles. The van der Waals surface area contributed by atoms with Crippen LogP contribution >= 0.6 is 15.9 Å². The summed E-state index contributed by atoms with van der Waals surface area (Å²) in [5, 5.41) is 7.53. The lowest BCUT2D eigenvalue weighted by Gasteiger charge is -2.11. The number of methoxy groups -OCH3 is 1. The van der Waals surface area contributed by atoms with E-state index in [4.69, 9.17) is 20.6 Å². The van der Waals surface area contributed by atoms with Gasteiger partial charge in [0.2, 0.25) is 0 Å². The standard InChI is InChI=1S/C15H14BrFN2O2/c1-20-14-5-2-9(6-11(14)15(18)19)8-21-10-3-4-12(16)13(17)7-10/h2-7H,8H2,1H3,(H3,18,19). The van der Waals surface area contributed by atoms with Crippen LogP contribution in [0.1, 0.15) is 11.1 Å². The number of rotatable bonds is 5. The number of nitrogens with two attached hydrogens (primary N) is 1. The third-order valence-corrected chi connectivity index (χ3v) is 3.49. The summed E-state index contributed by atoms with van der Waals surface area (Å²) in [5.74, 6) is 0.492. The van der Waals surface area contributed by atoms with E-state index in [0.29, 0.717) is 21.5 Å². The molecule has 0 fully saturated rings. The van der Waals surface area contributed by atoms with E-state index in [9.17, 15) is 4.39 Å². The summed E-state index contributed by atoms with van der Waals surface area (Å²) in [6.45, 7) is 0.241. The first kappa shape index (κ1) is 15.3. The Morgan fingerprint density at radius 1 is 1.29 bits per heavy atom. The molecule has 21 heavy (non-hydrogen) atoms. The lowest BCUT2D eigenvalue weighted by molar-refractivity contribution is 0.304. The van der Waals surface area contributed by atoms with Gasteiger partial charge in [0.1, 0.15) is 29.8 Å². The van der Waals surface area contributed by atoms with Crippen LogP contribution in [0.2, 0.25) is 0 Å². The lowest BCUT2D eigenvalue weighted by atomic mass is 10.1. The zero-order valence-corrected chi connectivity index (χ0v) is 12.9. The van der Waals surface area contributed by atoms with Crippen molar-refractivity contribution in [3.05, 3.63) is 57.8 Å². The highest BCUT2D eigenvalue weighted by molar-refractivity contribution is 9.10. The number of amidine groups is 1. The number of benzene rings is 2. The van der Waals surface area contributed by atoms with E-state index in [1.165, 1.54) is 13.2 Å². The number of hydrogen-bond donors (Lipinski definition) is 2. The minimum atomic E-state index is -0.383. The first-order valence-corrected chi connectivity index (χ1v) is 6.89. The van der Waals surface area contributed by atoms with Gasteiger partial charge in [-0.25, -0.2) is 4.39 Å². The van der Waals surface area contributed by atoms with E-state index >= 15 is 0 Å². The SMILES string of the molecule is COc1ccc(COc2ccc(Br)c(F)c2)cc1C(=N)N. The second kappa shape index (κ2) is 6.58. The van der Waals surface area contributed by atoms with Gasteiger partial charge in [-0.3, -0.25) is 5.41 Å². The molecule has 0 amide bonds. The maximum Gasteiger partial charge on any atom is 0.141 e. The van der Waals surface area contributed by atoms with Crippen molar-refractivity contribution in [1.29, 1.82) is 5.41 Å². The maximum absolute atomic E-state index is 13.4. The Balaban J connectivity index is 2.14. The highest BCUT2D eigenvalue weighted by Gasteiger charge is 2.08. The maximum atomic E-state index is 13.4. The van der Waals surface area contributed by atoms with Gasteiger partial charge < -0.3 is 15.2 Å². The zero-order valence-electron chi connectivity index (χ0n) is 11.3. The molecular formula is C15H14BrFN2O2. The van der Waals surface area contributed by atoms with Crippen molar-refractivity contribution in [2.24, 2.45) is 5.73 Å². The van der Waals surface area contributed by atoms with Crippen LogP contribution < -0.4 is 15.2 Å². The molecule has 0 aliphatic rings. The Labute approximate surface area is 130 Å². The van der Waals surface area contributed by atoms with E-state index < -0.39 is 0 Å². The van der Waals surface area contributed by atoms with Gasteiger partial charge >= 0.3 is 0 Å². The molecule has 0 spiro atoms. The fraction of sp³-hybridized carbons (Fsp3) is 0.133. The van der Waals surface area contributed by atoms with Crippen molar-refractivity contribution in [1.82, 2.24) is 0 Å². The van der Waals surface area contributed by atoms with Crippen LogP contribution in [0.15, 0.2) is 40.9 Å². The summed E-state index contributed by atoms with van der Waals surface area (Å²) in [4.78, 5) is 0. The molecule has 4 nitrogen and oxygen atoms in total. The van der Waals surface area contributed by atoms with Gasteiger partial charge in [0, 0.05) is 6.07 Å². The average Bonchev–Trinajstić information content (AvgIpc) is 2.48. The number of hydrogen-bond acceptors (Lipinski definition) is 3. The third-order valence-electron chi connectivity index (χ3n) is 2.85. The molecule has 0 aliphatic heterocycles. The van der Waals surface area contributed by atoms with Crippen LogP contribution in [0.5, 0.6) is 11.5 Å². The summed E-state index contributed by atoms with van der Waals surface area (Å²) in [6.07, 6.45) is 0. The molecule has 0 heterocycles. The van der Waals surface area contributed by atoms with Crippen molar-refractivity contribution in [2.45, 2.75) is 6.61 Å². The summed E-state index contributed by atoms with van der Waals surface area (Å²) >= 11 is 3.08. The number of ether oxygens (including phenoxy) is 2. The van der Waals surface area contributed by atoms with Gasteiger partial charge in [-0.15, -0.1) is 0 Å². The van der Waals surface area contributed by atoms with Crippen molar-refractivity contribution in [3.63, 3.8) is 0 Å². The van der Waals surface area contributed by atoms with E-state index in [2.05, 4.69) is 15.9 Å². The lowest BCUT2D eigenvalue weighted by Crippen LogP contribution is -2.13. The molecule has 0 saturated carbocycles. The zero-order chi connectivity index (χ0) is 15.4. The highest BCUT2D eigenvalue weighted by atomic mass is 79.9. The molecule has 0 saturated heterocycles. The first-order valence-electron chi connectivity index (χ1n) is 6.10. The molecule has 6 heteroatoms. The normalized spacial score (nSPS) is 10.2. The summed E-state index contributed by atoms with van der Waals surface area (Å²) in [6, 6.07) is 9.80. The fourth-order valence-corrected chi connectivity index (χ4v) is 2.04. The molecule has 3 N–H and O–H groups in total. The largest absolute Gasteiger partial charge is 0.496 e. The minimum absolute atomic E-state index is 0.0802. The highest BCUT2D eigenvalue weighted by Crippen LogP contribution is 2.23. The van der Waals surface area contributed by atoms with E-state index in [0.717, 1.165) is 5.56 Å². The second-order valence-electron chi connectivity index (χ2n) is 4.31. The molecule has 0 radical (unpaired) electrons. The molecule has 110 valence electrons. The summed E-state index contributed by atoms with van der Waals surface area (Å²) in [5.41, 5.74) is 6.82. The second-order valence-corrected chi connectivity index (χ2v) is 5.17. The van der Waals surface area contributed by atoms with E-state index in [1.54, 1.807) is 30.3 Å². The van der Waals surface area contributed by atoms with Crippen molar-refractivity contribution in [2.75, 3.05) is 7.11 Å². The molecule has 0 bridgehead atoms. The number of nitrogens with one attached hydrogen (secondary N) is 1. The van der Waals surface area contributed by atoms with Crippen molar-refractivity contribution in [3.8, 4) is 11.5 Å². The van der Waals surface area contributed by atoms with E-state index in [1.807, 2.05) is 0 Å². The van der Waals surface area contributed by atoms with Gasteiger partial charge in [0.05, 0.1) is 17.1 Å². The van der Waals surface area contributed by atoms with Crippen LogP contribution in [0.25, 0.3) is 0 Å². The van der Waals surface area contributed by atoms with E-state index in [-0.39, 0.29) is 18.3 Å². The minimum Gasteiger partial charge on any atom is -0.496 e. The van der Waals surface area contributed by atoms with Crippen LogP contribution in [-0.2, 0) is 6.61 Å². The molecule has 0 unspecified atom stereocenters. The molecule has 0 atom stereocenters. The van der Waals surface area contributed by atoms with Gasteiger partial charge in [0.15, 0.2) is 0 Å². The smallest absolute Gasteiger partial charge is 0.141 e. The monoisotopic (exact) mass is 352 g/mol. The van der Waals surface area contributed by atoms with Crippen LogP contribution in [0, 0.1) is 11.2 Å². The fourth-order valence-electron chi connectivity index (χ4n) is 1.79. The quantitative estimate of drug-likeness (QED) is 0.639. The Bertz CT molecular complexity index is 677. The van der Waals surface area contributed by atoms with Crippen LogP contribution in [0.3, 0.4) is 0 Å². The summed E-state index contributed by atoms with van der Waals surface area (Å²) < 4.78 is 24.4. The first-order chi connectivity index (χ1) is 10.0. The van der Waals surface area contributed by atoms with Gasteiger partial charge in [0.25, 0.3) is 0 Å². The number of nitrogen functional groups attached to an aromatic ring is 1. The molecular weight excluding hydrogens is 339 g/mol.